The minimum absolute atomic E-state index is 0.0592. The molecule has 1 aliphatic heterocycles. The van der Waals surface area contributed by atoms with Gasteiger partial charge in [0.2, 0.25) is 5.82 Å². The Morgan fingerprint density at radius 3 is 2.33 bits per heavy atom. The van der Waals surface area contributed by atoms with Gasteiger partial charge in [-0.15, -0.1) is 0 Å². The topological polar surface area (TPSA) is 119 Å². The van der Waals surface area contributed by atoms with Gasteiger partial charge in [-0.1, -0.05) is 23.4 Å². The summed E-state index contributed by atoms with van der Waals surface area (Å²) in [6.07, 6.45) is 0. The fraction of sp³-hybridized carbons (Fsp3) is 0.250. The SMILES string of the molecule is CCn1c(=O)c(-c2noc(C(=O)N3CCN(c4ccccc4)CC3)n2)nn(-c2ccc(F)cc2)c1=O. The number of hydrogen-bond acceptors (Lipinski definition) is 8. The third kappa shape index (κ3) is 4.28. The van der Waals surface area contributed by atoms with Crippen LogP contribution in [-0.2, 0) is 6.54 Å². The molecule has 5 rings (SSSR count). The molecule has 11 nitrogen and oxygen atoms in total. The van der Waals surface area contributed by atoms with Gasteiger partial charge in [-0.25, -0.2) is 9.18 Å². The van der Waals surface area contributed by atoms with E-state index < -0.39 is 23.0 Å². The van der Waals surface area contributed by atoms with E-state index in [0.29, 0.717) is 26.2 Å². The third-order valence-electron chi connectivity index (χ3n) is 5.96. The summed E-state index contributed by atoms with van der Waals surface area (Å²) in [5, 5.41) is 7.90. The van der Waals surface area contributed by atoms with E-state index in [0.717, 1.165) is 14.9 Å². The van der Waals surface area contributed by atoms with Gasteiger partial charge >= 0.3 is 17.5 Å². The average molecular weight is 491 g/mol. The predicted octanol–water partition coefficient (Wildman–Crippen LogP) is 1.57. The van der Waals surface area contributed by atoms with Gasteiger partial charge in [0.05, 0.1) is 5.69 Å². The molecule has 12 heteroatoms. The molecule has 0 aliphatic carbocycles. The molecular weight excluding hydrogens is 469 g/mol. The van der Waals surface area contributed by atoms with E-state index in [1.165, 1.54) is 24.3 Å². The Morgan fingerprint density at radius 1 is 0.972 bits per heavy atom. The number of hydrogen-bond donors (Lipinski definition) is 0. The smallest absolute Gasteiger partial charge is 0.352 e. The number of para-hydroxylation sites is 1. The lowest BCUT2D eigenvalue weighted by Crippen LogP contribution is -2.48. The number of aromatic nitrogens is 5. The normalized spacial score (nSPS) is 13.7. The van der Waals surface area contributed by atoms with Gasteiger partial charge in [0, 0.05) is 38.4 Å². The Morgan fingerprint density at radius 2 is 1.67 bits per heavy atom. The van der Waals surface area contributed by atoms with Crippen molar-refractivity contribution in [2.75, 3.05) is 31.1 Å². The zero-order chi connectivity index (χ0) is 25.2. The van der Waals surface area contributed by atoms with Gasteiger partial charge in [-0.2, -0.15) is 14.8 Å². The molecule has 4 aromatic rings. The van der Waals surface area contributed by atoms with Crippen molar-refractivity contribution >= 4 is 11.6 Å². The largest absolute Gasteiger partial charge is 0.368 e. The fourth-order valence-electron chi connectivity index (χ4n) is 4.03. The molecule has 0 spiro atoms. The molecule has 0 radical (unpaired) electrons. The summed E-state index contributed by atoms with van der Waals surface area (Å²) in [5.41, 5.74) is -0.358. The molecule has 1 aliphatic rings. The highest BCUT2D eigenvalue weighted by Crippen LogP contribution is 2.17. The van der Waals surface area contributed by atoms with Gasteiger partial charge in [0.15, 0.2) is 5.69 Å². The lowest BCUT2D eigenvalue weighted by Gasteiger charge is -2.35. The van der Waals surface area contributed by atoms with Crippen LogP contribution in [0.25, 0.3) is 17.2 Å². The van der Waals surface area contributed by atoms with Gasteiger partial charge in [0.25, 0.3) is 5.56 Å². The van der Waals surface area contributed by atoms with E-state index in [2.05, 4.69) is 20.1 Å². The highest BCUT2D eigenvalue weighted by atomic mass is 19.1. The van der Waals surface area contributed by atoms with Crippen LogP contribution >= 0.6 is 0 Å². The van der Waals surface area contributed by atoms with Crippen LogP contribution in [0.1, 0.15) is 17.6 Å². The Balaban J connectivity index is 1.41. The number of carbonyl (C=O) groups is 1. The van der Waals surface area contributed by atoms with Crippen molar-refractivity contribution in [1.82, 2.24) is 29.4 Å². The molecule has 0 atom stereocenters. The molecule has 1 amide bonds. The Hall–Kier alpha value is -4.61. The molecule has 0 N–H and O–H groups in total. The second-order valence-corrected chi connectivity index (χ2v) is 8.11. The van der Waals surface area contributed by atoms with Gasteiger partial charge in [0.1, 0.15) is 5.82 Å². The van der Waals surface area contributed by atoms with Crippen molar-refractivity contribution in [2.45, 2.75) is 13.5 Å². The fourth-order valence-corrected chi connectivity index (χ4v) is 4.03. The summed E-state index contributed by atoms with van der Waals surface area (Å²) in [7, 11) is 0. The van der Waals surface area contributed by atoms with Crippen LogP contribution in [0.2, 0.25) is 0 Å². The molecule has 1 fully saturated rings. The van der Waals surface area contributed by atoms with Crippen molar-refractivity contribution in [3.63, 3.8) is 0 Å². The number of carbonyl (C=O) groups excluding carboxylic acids is 1. The van der Waals surface area contributed by atoms with E-state index in [1.807, 2.05) is 30.3 Å². The maximum Gasteiger partial charge on any atom is 0.352 e. The molecule has 1 saturated heterocycles. The first-order chi connectivity index (χ1) is 17.5. The second kappa shape index (κ2) is 9.56. The summed E-state index contributed by atoms with van der Waals surface area (Å²) < 4.78 is 20.4. The maximum absolute atomic E-state index is 13.4. The molecular formula is C24H22FN7O4. The Kier molecular flexibility index (Phi) is 6.15. The molecule has 0 bridgehead atoms. The van der Waals surface area contributed by atoms with E-state index in [-0.39, 0.29) is 29.6 Å². The quantitative estimate of drug-likeness (QED) is 0.413. The first-order valence-electron chi connectivity index (χ1n) is 11.4. The molecule has 184 valence electrons. The van der Waals surface area contributed by atoms with Crippen molar-refractivity contribution in [1.29, 1.82) is 0 Å². The zero-order valence-electron chi connectivity index (χ0n) is 19.4. The molecule has 3 heterocycles. The first kappa shape index (κ1) is 23.1. The average Bonchev–Trinajstić information content (AvgIpc) is 3.40. The van der Waals surface area contributed by atoms with Crippen LogP contribution in [-0.4, -0.2) is 61.5 Å². The van der Waals surface area contributed by atoms with Crippen LogP contribution in [0.15, 0.2) is 68.7 Å². The van der Waals surface area contributed by atoms with Gasteiger partial charge < -0.3 is 14.3 Å². The van der Waals surface area contributed by atoms with Gasteiger partial charge in [-0.3, -0.25) is 14.2 Å². The van der Waals surface area contributed by atoms with Crippen molar-refractivity contribution in [3.8, 4) is 17.2 Å². The number of anilines is 1. The summed E-state index contributed by atoms with van der Waals surface area (Å²) >= 11 is 0. The van der Waals surface area contributed by atoms with Crippen LogP contribution < -0.4 is 16.1 Å². The number of nitrogens with zero attached hydrogens (tertiary/aromatic N) is 7. The van der Waals surface area contributed by atoms with Crippen molar-refractivity contribution in [3.05, 3.63) is 87.1 Å². The minimum atomic E-state index is -0.725. The van der Waals surface area contributed by atoms with Crippen LogP contribution in [0, 0.1) is 5.82 Å². The lowest BCUT2D eigenvalue weighted by atomic mass is 10.2. The summed E-state index contributed by atoms with van der Waals surface area (Å²) in [5.74, 6) is -1.43. The molecule has 36 heavy (non-hydrogen) atoms. The van der Waals surface area contributed by atoms with Crippen molar-refractivity contribution < 1.29 is 13.7 Å². The van der Waals surface area contributed by atoms with Crippen LogP contribution in [0.3, 0.4) is 0 Å². The molecule has 2 aromatic carbocycles. The molecule has 0 saturated carbocycles. The molecule has 2 aromatic heterocycles. The summed E-state index contributed by atoms with van der Waals surface area (Å²) in [6.45, 7) is 3.89. The first-order valence-corrected chi connectivity index (χ1v) is 11.4. The standard InChI is InChI=1S/C24H22FN7O4/c1-2-31-22(33)19(27-32(24(31)35)18-10-8-16(25)9-11-18)20-26-21(36-28-20)23(34)30-14-12-29(13-15-30)17-6-4-3-5-7-17/h3-11H,2,12-15H2,1H3. The van der Waals surface area contributed by atoms with Gasteiger partial charge in [-0.05, 0) is 43.3 Å². The zero-order valence-corrected chi connectivity index (χ0v) is 19.4. The number of rotatable bonds is 5. The summed E-state index contributed by atoms with van der Waals surface area (Å²) in [6, 6.07) is 15.0. The highest BCUT2D eigenvalue weighted by Gasteiger charge is 2.28. The maximum atomic E-state index is 13.4. The second-order valence-electron chi connectivity index (χ2n) is 8.11. The number of amides is 1. The van der Waals surface area contributed by atoms with E-state index in [9.17, 15) is 18.8 Å². The van der Waals surface area contributed by atoms with Crippen LogP contribution in [0.4, 0.5) is 10.1 Å². The monoisotopic (exact) mass is 491 g/mol. The van der Waals surface area contributed by atoms with Crippen LogP contribution in [0.5, 0.6) is 0 Å². The summed E-state index contributed by atoms with van der Waals surface area (Å²) in [4.78, 5) is 46.6. The Labute approximate surface area is 204 Å². The minimum Gasteiger partial charge on any atom is -0.368 e. The van der Waals surface area contributed by atoms with E-state index in [4.69, 9.17) is 4.52 Å². The highest BCUT2D eigenvalue weighted by molar-refractivity contribution is 5.90. The number of benzene rings is 2. The Bertz CT molecular complexity index is 1500. The molecule has 0 unspecified atom stereocenters. The number of halogens is 1. The number of piperazine rings is 1. The third-order valence-corrected chi connectivity index (χ3v) is 5.96. The lowest BCUT2D eigenvalue weighted by molar-refractivity contribution is 0.0696. The predicted molar refractivity (Wildman–Crippen MR) is 128 cm³/mol. The van der Waals surface area contributed by atoms with E-state index >= 15 is 0 Å². The van der Waals surface area contributed by atoms with E-state index in [1.54, 1.807) is 11.8 Å². The van der Waals surface area contributed by atoms with Crippen molar-refractivity contribution in [2.24, 2.45) is 0 Å².